The van der Waals surface area contributed by atoms with Gasteiger partial charge >= 0.3 is 0 Å². The Morgan fingerprint density at radius 1 is 1.17 bits per heavy atom. The first kappa shape index (κ1) is 19.0. The van der Waals surface area contributed by atoms with Crippen molar-refractivity contribution in [2.24, 2.45) is 0 Å². The monoisotopic (exact) mass is 392 g/mol. The molecule has 6 nitrogen and oxygen atoms in total. The Morgan fingerprint density at radius 2 is 1.93 bits per heavy atom. The average Bonchev–Trinajstić information content (AvgIpc) is 2.74. The smallest absolute Gasteiger partial charge is 0.234 e. The molecule has 2 heterocycles. The zero-order chi connectivity index (χ0) is 20.3. The van der Waals surface area contributed by atoms with Gasteiger partial charge in [-0.15, -0.1) is 0 Å². The van der Waals surface area contributed by atoms with E-state index in [1.807, 2.05) is 37.3 Å². The Morgan fingerprint density at radius 3 is 2.69 bits per heavy atom. The highest BCUT2D eigenvalue weighted by Crippen LogP contribution is 2.32. The highest BCUT2D eigenvalue weighted by molar-refractivity contribution is 5.88. The number of aromatic nitrogens is 2. The molecule has 0 aliphatic carbocycles. The van der Waals surface area contributed by atoms with Gasteiger partial charge in [0.15, 0.2) is 0 Å². The molecule has 0 bridgehead atoms. The van der Waals surface area contributed by atoms with E-state index in [1.165, 1.54) is 12.1 Å². The second-order valence-electron chi connectivity index (χ2n) is 7.19. The molecule has 2 aromatic carbocycles. The van der Waals surface area contributed by atoms with Crippen LogP contribution in [0.5, 0.6) is 0 Å². The molecule has 1 aromatic heterocycles. The molecule has 1 amide bonds. The molecule has 0 saturated heterocycles. The zero-order valence-corrected chi connectivity index (χ0v) is 16.0. The van der Waals surface area contributed by atoms with E-state index < -0.39 is 5.41 Å². The van der Waals surface area contributed by atoms with Crippen LogP contribution < -0.4 is 10.6 Å². The number of nitrogens with zero attached hydrogens (tertiary/aromatic N) is 2. The molecule has 0 spiro atoms. The van der Waals surface area contributed by atoms with Gasteiger partial charge in [0, 0.05) is 24.0 Å². The van der Waals surface area contributed by atoms with Crippen molar-refractivity contribution in [2.75, 3.05) is 11.9 Å². The highest BCUT2D eigenvalue weighted by Gasteiger charge is 2.42. The topological polar surface area (TPSA) is 76.1 Å². The van der Waals surface area contributed by atoms with Crippen LogP contribution in [0.25, 0.3) is 0 Å². The van der Waals surface area contributed by atoms with E-state index in [9.17, 15) is 9.18 Å². The molecule has 0 radical (unpaired) electrons. The first-order chi connectivity index (χ1) is 14.0. The minimum Gasteiger partial charge on any atom is -0.375 e. The number of ether oxygens (including phenoxy) is 1. The molecule has 1 aliphatic rings. The molecule has 1 unspecified atom stereocenters. The fraction of sp³-hybridized carbons (Fsp3) is 0.227. The summed E-state index contributed by atoms with van der Waals surface area (Å²) < 4.78 is 18.7. The maximum absolute atomic E-state index is 13.1. The Kier molecular flexibility index (Phi) is 5.22. The van der Waals surface area contributed by atoms with Crippen LogP contribution in [0.4, 0.5) is 16.0 Å². The highest BCUT2D eigenvalue weighted by atomic mass is 19.1. The largest absolute Gasteiger partial charge is 0.375 e. The van der Waals surface area contributed by atoms with Crippen molar-refractivity contribution in [1.29, 1.82) is 0 Å². The van der Waals surface area contributed by atoms with Gasteiger partial charge in [-0.1, -0.05) is 30.3 Å². The summed E-state index contributed by atoms with van der Waals surface area (Å²) in [5.74, 6) is -0.0849. The summed E-state index contributed by atoms with van der Waals surface area (Å²) in [7, 11) is 0. The molecule has 7 heteroatoms. The standard InChI is InChI=1S/C22H21FN4O2/c1-22(20(28)24-11-15-7-9-17(23)10-8-15)14-29-13-16-12-25-21(27-19(16)22)26-18-5-3-2-4-6-18/h2-10,12H,11,13-14H2,1H3,(H,24,28)(H,25,26,27). The number of rotatable bonds is 5. The van der Waals surface area contributed by atoms with E-state index in [1.54, 1.807) is 18.3 Å². The van der Waals surface area contributed by atoms with E-state index >= 15 is 0 Å². The van der Waals surface area contributed by atoms with E-state index in [0.29, 0.717) is 24.8 Å². The number of amides is 1. The molecule has 1 aliphatic heterocycles. The van der Waals surface area contributed by atoms with E-state index in [0.717, 1.165) is 16.8 Å². The van der Waals surface area contributed by atoms with Gasteiger partial charge in [-0.2, -0.15) is 0 Å². The number of hydrogen-bond acceptors (Lipinski definition) is 5. The summed E-state index contributed by atoms with van der Waals surface area (Å²) in [6.45, 7) is 2.69. The SMILES string of the molecule is CC1(C(=O)NCc2ccc(F)cc2)COCc2cnc(Nc3ccccc3)nc21. The van der Waals surface area contributed by atoms with Crippen LogP contribution in [-0.2, 0) is 28.1 Å². The second kappa shape index (κ2) is 7.97. The summed E-state index contributed by atoms with van der Waals surface area (Å²) in [5.41, 5.74) is 2.16. The lowest BCUT2D eigenvalue weighted by atomic mass is 9.82. The normalized spacial score (nSPS) is 18.0. The summed E-state index contributed by atoms with van der Waals surface area (Å²) in [4.78, 5) is 22.0. The average molecular weight is 392 g/mol. The van der Waals surface area contributed by atoms with Gasteiger partial charge in [0.05, 0.1) is 18.9 Å². The number of hydrogen-bond donors (Lipinski definition) is 2. The summed E-state index contributed by atoms with van der Waals surface area (Å²) >= 11 is 0. The first-order valence-corrected chi connectivity index (χ1v) is 9.33. The van der Waals surface area contributed by atoms with Crippen LogP contribution in [0.15, 0.2) is 60.8 Å². The van der Waals surface area contributed by atoms with E-state index in [4.69, 9.17) is 4.74 Å². The van der Waals surface area contributed by atoms with Gasteiger partial charge in [-0.25, -0.2) is 14.4 Å². The molecule has 148 valence electrons. The second-order valence-corrected chi connectivity index (χ2v) is 7.19. The Labute approximate surface area is 168 Å². The Bertz CT molecular complexity index is 1010. The van der Waals surface area contributed by atoms with Crippen LogP contribution in [0.2, 0.25) is 0 Å². The number of fused-ring (bicyclic) bond motifs is 1. The van der Waals surface area contributed by atoms with Crippen LogP contribution in [-0.4, -0.2) is 22.5 Å². The van der Waals surface area contributed by atoms with Crippen molar-refractivity contribution < 1.29 is 13.9 Å². The number of carbonyl (C=O) groups is 1. The molecule has 3 aromatic rings. The molecular weight excluding hydrogens is 371 g/mol. The third kappa shape index (κ3) is 4.09. The fourth-order valence-electron chi connectivity index (χ4n) is 3.29. The third-order valence-electron chi connectivity index (χ3n) is 4.93. The minimum absolute atomic E-state index is 0.202. The molecule has 0 fully saturated rings. The van der Waals surface area contributed by atoms with Crippen molar-refractivity contribution in [1.82, 2.24) is 15.3 Å². The number of anilines is 2. The van der Waals surface area contributed by atoms with Crippen molar-refractivity contribution in [3.05, 3.63) is 83.4 Å². The lowest BCUT2D eigenvalue weighted by molar-refractivity contribution is -0.130. The van der Waals surface area contributed by atoms with Crippen LogP contribution in [0.3, 0.4) is 0 Å². The molecule has 0 saturated carbocycles. The van der Waals surface area contributed by atoms with Crippen molar-refractivity contribution in [3.63, 3.8) is 0 Å². The summed E-state index contributed by atoms with van der Waals surface area (Å²) in [5, 5.41) is 6.08. The number of halogens is 1. The Balaban J connectivity index is 1.55. The van der Waals surface area contributed by atoms with Gasteiger partial charge in [0.1, 0.15) is 11.2 Å². The van der Waals surface area contributed by atoms with Crippen molar-refractivity contribution >= 4 is 17.5 Å². The Hall–Kier alpha value is -3.32. The van der Waals surface area contributed by atoms with Gasteiger partial charge < -0.3 is 15.4 Å². The third-order valence-corrected chi connectivity index (χ3v) is 4.93. The van der Waals surface area contributed by atoms with Gasteiger partial charge in [0.25, 0.3) is 0 Å². The lowest BCUT2D eigenvalue weighted by Gasteiger charge is -2.33. The molecule has 1 atom stereocenters. The lowest BCUT2D eigenvalue weighted by Crippen LogP contribution is -2.48. The quantitative estimate of drug-likeness (QED) is 0.695. The van der Waals surface area contributed by atoms with Gasteiger partial charge in [-0.05, 0) is 36.8 Å². The summed E-state index contributed by atoms with van der Waals surface area (Å²) in [6.07, 6.45) is 1.69. The van der Waals surface area contributed by atoms with Crippen molar-refractivity contribution in [2.45, 2.75) is 25.5 Å². The number of nitrogens with one attached hydrogen (secondary N) is 2. The van der Waals surface area contributed by atoms with Gasteiger partial charge in [0.2, 0.25) is 11.9 Å². The zero-order valence-electron chi connectivity index (χ0n) is 16.0. The van der Waals surface area contributed by atoms with Crippen LogP contribution >= 0.6 is 0 Å². The van der Waals surface area contributed by atoms with Crippen molar-refractivity contribution in [3.8, 4) is 0 Å². The predicted octanol–water partition coefficient (Wildman–Crippen LogP) is 3.46. The number of benzene rings is 2. The fourth-order valence-corrected chi connectivity index (χ4v) is 3.29. The molecular formula is C22H21FN4O2. The molecule has 4 rings (SSSR count). The van der Waals surface area contributed by atoms with Gasteiger partial charge in [-0.3, -0.25) is 4.79 Å². The first-order valence-electron chi connectivity index (χ1n) is 9.33. The van der Waals surface area contributed by atoms with E-state index in [2.05, 4.69) is 20.6 Å². The maximum atomic E-state index is 13.1. The van der Waals surface area contributed by atoms with Crippen LogP contribution in [0.1, 0.15) is 23.7 Å². The number of carbonyl (C=O) groups excluding carboxylic acids is 1. The molecule has 29 heavy (non-hydrogen) atoms. The summed E-state index contributed by atoms with van der Waals surface area (Å²) in [6, 6.07) is 15.6. The van der Waals surface area contributed by atoms with Crippen LogP contribution in [0, 0.1) is 5.82 Å². The minimum atomic E-state index is -0.955. The number of para-hydroxylation sites is 1. The predicted molar refractivity (Wildman–Crippen MR) is 107 cm³/mol. The molecule has 2 N–H and O–H groups in total. The maximum Gasteiger partial charge on any atom is 0.234 e. The van der Waals surface area contributed by atoms with E-state index in [-0.39, 0.29) is 18.3 Å².